The normalized spacial score (nSPS) is 22.3. The number of nitrogens with zero attached hydrogens (tertiary/aromatic N) is 3. The SMILES string of the molecule is CC(C)n1c(C2CCCN(C(=O)C3CCOCC3)C2)nc2ccccc21. The highest BCUT2D eigenvalue weighted by molar-refractivity contribution is 5.79. The van der Waals surface area contributed by atoms with E-state index in [1.54, 1.807) is 0 Å². The number of rotatable bonds is 3. The van der Waals surface area contributed by atoms with E-state index < -0.39 is 0 Å². The predicted molar refractivity (Wildman–Crippen MR) is 102 cm³/mol. The summed E-state index contributed by atoms with van der Waals surface area (Å²) < 4.78 is 7.78. The van der Waals surface area contributed by atoms with E-state index in [0.29, 0.717) is 17.9 Å². The molecule has 5 nitrogen and oxygen atoms in total. The van der Waals surface area contributed by atoms with Gasteiger partial charge in [0.25, 0.3) is 0 Å². The van der Waals surface area contributed by atoms with E-state index in [9.17, 15) is 4.79 Å². The molecule has 1 atom stereocenters. The lowest BCUT2D eigenvalue weighted by Gasteiger charge is -2.36. The minimum atomic E-state index is 0.145. The van der Waals surface area contributed by atoms with Gasteiger partial charge in [-0.1, -0.05) is 12.1 Å². The van der Waals surface area contributed by atoms with Gasteiger partial charge in [-0.25, -0.2) is 4.98 Å². The van der Waals surface area contributed by atoms with E-state index in [1.807, 2.05) is 6.07 Å². The Kier molecular flexibility index (Phi) is 4.98. The third kappa shape index (κ3) is 3.25. The maximum Gasteiger partial charge on any atom is 0.225 e. The van der Waals surface area contributed by atoms with E-state index in [4.69, 9.17) is 9.72 Å². The zero-order valence-electron chi connectivity index (χ0n) is 15.9. The lowest BCUT2D eigenvalue weighted by Crippen LogP contribution is -2.44. The van der Waals surface area contributed by atoms with Gasteiger partial charge in [0.1, 0.15) is 5.82 Å². The van der Waals surface area contributed by atoms with E-state index in [0.717, 1.165) is 63.3 Å². The molecule has 0 saturated carbocycles. The van der Waals surface area contributed by atoms with Gasteiger partial charge in [0.05, 0.1) is 11.0 Å². The molecule has 140 valence electrons. The lowest BCUT2D eigenvalue weighted by molar-refractivity contribution is -0.139. The molecule has 1 aromatic heterocycles. The van der Waals surface area contributed by atoms with Gasteiger partial charge in [-0.2, -0.15) is 0 Å². The molecule has 5 heteroatoms. The zero-order chi connectivity index (χ0) is 18.1. The summed E-state index contributed by atoms with van der Waals surface area (Å²) in [6.45, 7) is 7.55. The summed E-state index contributed by atoms with van der Waals surface area (Å²) in [5.41, 5.74) is 2.26. The number of benzene rings is 1. The second kappa shape index (κ2) is 7.39. The Balaban J connectivity index is 1.59. The monoisotopic (exact) mass is 355 g/mol. The van der Waals surface area contributed by atoms with Crippen molar-refractivity contribution >= 4 is 16.9 Å². The Labute approximate surface area is 155 Å². The summed E-state index contributed by atoms with van der Waals surface area (Å²) in [6.07, 6.45) is 3.89. The number of piperidine rings is 1. The first kappa shape index (κ1) is 17.5. The average Bonchev–Trinajstić information content (AvgIpc) is 3.08. The highest BCUT2D eigenvalue weighted by atomic mass is 16.5. The van der Waals surface area contributed by atoms with E-state index in [-0.39, 0.29) is 5.92 Å². The van der Waals surface area contributed by atoms with Gasteiger partial charge >= 0.3 is 0 Å². The number of carbonyl (C=O) groups excluding carboxylic acids is 1. The van der Waals surface area contributed by atoms with Crippen LogP contribution in [0.15, 0.2) is 24.3 Å². The lowest BCUT2D eigenvalue weighted by atomic mass is 9.93. The molecular weight excluding hydrogens is 326 g/mol. The molecule has 1 aromatic carbocycles. The molecule has 26 heavy (non-hydrogen) atoms. The van der Waals surface area contributed by atoms with Crippen LogP contribution in [0.2, 0.25) is 0 Å². The third-order valence-corrected chi connectivity index (χ3v) is 5.81. The van der Waals surface area contributed by atoms with Crippen molar-refractivity contribution in [1.82, 2.24) is 14.5 Å². The molecule has 1 amide bonds. The quantitative estimate of drug-likeness (QED) is 0.842. The molecule has 0 bridgehead atoms. The summed E-state index contributed by atoms with van der Waals surface area (Å²) in [5, 5.41) is 0. The number of aromatic nitrogens is 2. The molecule has 0 spiro atoms. The summed E-state index contributed by atoms with van der Waals surface area (Å²) in [4.78, 5) is 20.0. The van der Waals surface area contributed by atoms with Gasteiger partial charge in [-0.05, 0) is 51.7 Å². The van der Waals surface area contributed by atoms with Crippen LogP contribution in [0.5, 0.6) is 0 Å². The Morgan fingerprint density at radius 2 is 1.96 bits per heavy atom. The minimum absolute atomic E-state index is 0.145. The molecule has 1 unspecified atom stereocenters. The van der Waals surface area contributed by atoms with E-state index in [1.165, 1.54) is 5.52 Å². The first-order chi connectivity index (χ1) is 12.6. The highest BCUT2D eigenvalue weighted by Crippen LogP contribution is 2.32. The Bertz CT molecular complexity index is 777. The fourth-order valence-electron chi connectivity index (χ4n) is 4.48. The van der Waals surface area contributed by atoms with Crippen molar-refractivity contribution in [3.05, 3.63) is 30.1 Å². The number of carbonyl (C=O) groups is 1. The summed E-state index contributed by atoms with van der Waals surface area (Å²) >= 11 is 0. The van der Waals surface area contributed by atoms with Gasteiger partial charge in [-0.3, -0.25) is 4.79 Å². The van der Waals surface area contributed by atoms with Crippen molar-refractivity contribution in [2.75, 3.05) is 26.3 Å². The number of para-hydroxylation sites is 2. The standard InChI is InChI=1S/C21H29N3O2/c1-15(2)24-19-8-4-3-7-18(19)22-20(24)17-6-5-11-23(14-17)21(25)16-9-12-26-13-10-16/h3-4,7-8,15-17H,5-6,9-14H2,1-2H3. The number of ether oxygens (including phenoxy) is 1. The summed E-state index contributed by atoms with van der Waals surface area (Å²) in [5.74, 6) is 1.93. The summed E-state index contributed by atoms with van der Waals surface area (Å²) in [6, 6.07) is 8.73. The van der Waals surface area contributed by atoms with Crippen molar-refractivity contribution in [1.29, 1.82) is 0 Å². The van der Waals surface area contributed by atoms with Crippen LogP contribution in [-0.2, 0) is 9.53 Å². The molecule has 2 aliphatic rings. The van der Waals surface area contributed by atoms with Crippen LogP contribution < -0.4 is 0 Å². The van der Waals surface area contributed by atoms with Crippen LogP contribution in [-0.4, -0.2) is 46.7 Å². The number of hydrogen-bond acceptors (Lipinski definition) is 3. The molecule has 4 rings (SSSR count). The number of fused-ring (bicyclic) bond motifs is 1. The summed E-state index contributed by atoms with van der Waals surface area (Å²) in [7, 11) is 0. The highest BCUT2D eigenvalue weighted by Gasteiger charge is 2.32. The average molecular weight is 355 g/mol. The fourth-order valence-corrected chi connectivity index (χ4v) is 4.48. The van der Waals surface area contributed by atoms with Crippen LogP contribution in [0.3, 0.4) is 0 Å². The molecule has 2 aromatic rings. The molecule has 2 saturated heterocycles. The van der Waals surface area contributed by atoms with Gasteiger partial charge in [0.15, 0.2) is 0 Å². The second-order valence-electron chi connectivity index (χ2n) is 7.93. The van der Waals surface area contributed by atoms with Gasteiger partial charge in [0, 0.05) is 44.2 Å². The topological polar surface area (TPSA) is 47.4 Å². The van der Waals surface area contributed by atoms with E-state index in [2.05, 4.69) is 41.5 Å². The zero-order valence-corrected chi connectivity index (χ0v) is 15.9. The van der Waals surface area contributed by atoms with Crippen molar-refractivity contribution in [3.8, 4) is 0 Å². The molecule has 2 aliphatic heterocycles. The molecule has 2 fully saturated rings. The maximum atomic E-state index is 13.0. The van der Waals surface area contributed by atoms with Crippen LogP contribution in [0.25, 0.3) is 11.0 Å². The Hall–Kier alpha value is -1.88. The van der Waals surface area contributed by atoms with Crippen LogP contribution in [0, 0.1) is 5.92 Å². The maximum absolute atomic E-state index is 13.0. The van der Waals surface area contributed by atoms with E-state index >= 15 is 0 Å². The van der Waals surface area contributed by atoms with Crippen molar-refractivity contribution < 1.29 is 9.53 Å². The van der Waals surface area contributed by atoms with Crippen LogP contribution in [0.4, 0.5) is 0 Å². The second-order valence-corrected chi connectivity index (χ2v) is 7.93. The van der Waals surface area contributed by atoms with Crippen molar-refractivity contribution in [3.63, 3.8) is 0 Å². The van der Waals surface area contributed by atoms with Crippen LogP contribution in [0.1, 0.15) is 57.3 Å². The van der Waals surface area contributed by atoms with Gasteiger partial charge < -0.3 is 14.2 Å². The third-order valence-electron chi connectivity index (χ3n) is 5.81. The number of hydrogen-bond donors (Lipinski definition) is 0. The largest absolute Gasteiger partial charge is 0.381 e. The molecule has 0 aliphatic carbocycles. The first-order valence-electron chi connectivity index (χ1n) is 9.98. The molecule has 3 heterocycles. The first-order valence-corrected chi connectivity index (χ1v) is 9.98. The Morgan fingerprint density at radius 3 is 2.73 bits per heavy atom. The van der Waals surface area contributed by atoms with Crippen LogP contribution >= 0.6 is 0 Å². The molecule has 0 N–H and O–H groups in total. The number of imidazole rings is 1. The van der Waals surface area contributed by atoms with Gasteiger partial charge in [-0.15, -0.1) is 0 Å². The van der Waals surface area contributed by atoms with Gasteiger partial charge in [0.2, 0.25) is 5.91 Å². The Morgan fingerprint density at radius 1 is 1.19 bits per heavy atom. The molecule has 0 radical (unpaired) electrons. The molecular formula is C21H29N3O2. The minimum Gasteiger partial charge on any atom is -0.381 e. The van der Waals surface area contributed by atoms with Crippen molar-refractivity contribution in [2.45, 2.75) is 51.5 Å². The number of amides is 1. The number of likely N-dealkylation sites (tertiary alicyclic amines) is 1. The fraction of sp³-hybridized carbons (Fsp3) is 0.619. The predicted octanol–water partition coefficient (Wildman–Crippen LogP) is 3.75. The van der Waals surface area contributed by atoms with Crippen molar-refractivity contribution in [2.24, 2.45) is 5.92 Å². The smallest absolute Gasteiger partial charge is 0.225 e.